The van der Waals surface area contributed by atoms with E-state index in [1.165, 1.54) is 0 Å². The number of pyridine rings is 1. The molecule has 0 spiro atoms. The summed E-state index contributed by atoms with van der Waals surface area (Å²) < 4.78 is 38.2. The SMILES string of the molecule is FC(F)(F)c1ccnc(NC2CCCN(Cc3cccnc3Cl)C2)n1. The molecule has 1 aliphatic rings. The summed E-state index contributed by atoms with van der Waals surface area (Å²) in [6, 6.07) is 4.59. The summed E-state index contributed by atoms with van der Waals surface area (Å²) in [5, 5.41) is 3.48. The molecule has 1 fully saturated rings. The van der Waals surface area contributed by atoms with E-state index in [1.54, 1.807) is 6.20 Å². The number of alkyl halides is 3. The number of piperidine rings is 1. The van der Waals surface area contributed by atoms with Gasteiger partial charge in [0.2, 0.25) is 5.95 Å². The maximum Gasteiger partial charge on any atom is 0.433 e. The summed E-state index contributed by atoms with van der Waals surface area (Å²) in [5.74, 6) is 0.00100. The second kappa shape index (κ2) is 7.53. The molecule has 3 heterocycles. The Morgan fingerprint density at radius 1 is 1.24 bits per heavy atom. The van der Waals surface area contributed by atoms with Crippen LogP contribution in [0.3, 0.4) is 0 Å². The van der Waals surface area contributed by atoms with E-state index in [1.807, 2.05) is 12.1 Å². The fourth-order valence-corrected chi connectivity index (χ4v) is 3.04. The van der Waals surface area contributed by atoms with Gasteiger partial charge in [-0.25, -0.2) is 15.0 Å². The van der Waals surface area contributed by atoms with Gasteiger partial charge in [0.1, 0.15) is 10.8 Å². The van der Waals surface area contributed by atoms with Gasteiger partial charge in [0, 0.05) is 37.1 Å². The number of aromatic nitrogens is 3. The van der Waals surface area contributed by atoms with Crippen molar-refractivity contribution in [2.75, 3.05) is 18.4 Å². The first kappa shape index (κ1) is 17.9. The van der Waals surface area contributed by atoms with Crippen molar-refractivity contribution < 1.29 is 13.2 Å². The van der Waals surface area contributed by atoms with E-state index in [4.69, 9.17) is 11.6 Å². The highest BCUT2D eigenvalue weighted by atomic mass is 35.5. The molecule has 0 bridgehead atoms. The van der Waals surface area contributed by atoms with Crippen LogP contribution < -0.4 is 5.32 Å². The highest BCUT2D eigenvalue weighted by Gasteiger charge is 2.33. The van der Waals surface area contributed by atoms with Gasteiger partial charge in [-0.3, -0.25) is 4.90 Å². The fraction of sp³-hybridized carbons (Fsp3) is 0.438. The van der Waals surface area contributed by atoms with Crippen LogP contribution in [0.4, 0.5) is 19.1 Å². The van der Waals surface area contributed by atoms with Gasteiger partial charge in [-0.05, 0) is 31.5 Å². The van der Waals surface area contributed by atoms with Crippen LogP contribution in [0.15, 0.2) is 30.6 Å². The summed E-state index contributed by atoms with van der Waals surface area (Å²) in [6.45, 7) is 2.21. The minimum absolute atomic E-state index is 0.00100. The molecule has 1 unspecified atom stereocenters. The Hall–Kier alpha value is -1.93. The predicted octanol–water partition coefficient (Wildman–Crippen LogP) is 3.62. The van der Waals surface area contributed by atoms with Gasteiger partial charge in [0.25, 0.3) is 0 Å². The fourth-order valence-electron chi connectivity index (χ4n) is 2.86. The Kier molecular flexibility index (Phi) is 5.39. The normalized spacial score (nSPS) is 19.0. The van der Waals surface area contributed by atoms with E-state index in [2.05, 4.69) is 25.2 Å². The minimum Gasteiger partial charge on any atom is -0.350 e. The molecule has 0 aliphatic carbocycles. The Labute approximate surface area is 148 Å². The Balaban J connectivity index is 1.63. The van der Waals surface area contributed by atoms with Crippen LogP contribution in [0.2, 0.25) is 5.15 Å². The van der Waals surface area contributed by atoms with Crippen molar-refractivity contribution in [2.24, 2.45) is 0 Å². The Morgan fingerprint density at radius 2 is 2.08 bits per heavy atom. The smallest absolute Gasteiger partial charge is 0.350 e. The molecule has 1 aliphatic heterocycles. The van der Waals surface area contributed by atoms with Crippen LogP contribution in [0, 0.1) is 0 Å². The second-order valence-corrected chi connectivity index (χ2v) is 6.29. The largest absolute Gasteiger partial charge is 0.433 e. The lowest BCUT2D eigenvalue weighted by Gasteiger charge is -2.33. The quantitative estimate of drug-likeness (QED) is 0.832. The number of hydrogen-bond acceptors (Lipinski definition) is 5. The number of nitrogens with zero attached hydrogens (tertiary/aromatic N) is 4. The number of anilines is 1. The van der Waals surface area contributed by atoms with Gasteiger partial charge >= 0.3 is 6.18 Å². The Bertz CT molecular complexity index is 725. The van der Waals surface area contributed by atoms with Crippen LogP contribution in [-0.2, 0) is 12.7 Å². The first-order chi connectivity index (χ1) is 11.9. The molecule has 1 atom stereocenters. The number of hydrogen-bond donors (Lipinski definition) is 1. The molecule has 2 aromatic rings. The first-order valence-electron chi connectivity index (χ1n) is 7.90. The minimum atomic E-state index is -4.48. The van der Waals surface area contributed by atoms with E-state index in [0.29, 0.717) is 18.2 Å². The average Bonchev–Trinajstić information content (AvgIpc) is 2.57. The Morgan fingerprint density at radius 3 is 2.84 bits per heavy atom. The van der Waals surface area contributed by atoms with Crippen LogP contribution >= 0.6 is 11.6 Å². The van der Waals surface area contributed by atoms with E-state index >= 15 is 0 Å². The van der Waals surface area contributed by atoms with Crippen molar-refractivity contribution in [3.63, 3.8) is 0 Å². The zero-order valence-electron chi connectivity index (χ0n) is 13.3. The topological polar surface area (TPSA) is 53.9 Å². The second-order valence-electron chi connectivity index (χ2n) is 5.94. The van der Waals surface area contributed by atoms with Crippen LogP contribution in [0.5, 0.6) is 0 Å². The van der Waals surface area contributed by atoms with Gasteiger partial charge in [0.15, 0.2) is 0 Å². The number of likely N-dealkylation sites (tertiary alicyclic amines) is 1. The van der Waals surface area contributed by atoms with Crippen molar-refractivity contribution in [2.45, 2.75) is 31.6 Å². The monoisotopic (exact) mass is 371 g/mol. The molecule has 9 heteroatoms. The third kappa shape index (κ3) is 4.79. The van der Waals surface area contributed by atoms with Crippen LogP contribution in [-0.4, -0.2) is 39.0 Å². The summed E-state index contributed by atoms with van der Waals surface area (Å²) in [7, 11) is 0. The van der Waals surface area contributed by atoms with Gasteiger partial charge in [0.05, 0.1) is 0 Å². The molecule has 134 valence electrons. The third-order valence-electron chi connectivity index (χ3n) is 4.02. The van der Waals surface area contributed by atoms with Crippen molar-refractivity contribution in [3.05, 3.63) is 47.0 Å². The lowest BCUT2D eigenvalue weighted by Crippen LogP contribution is -2.42. The van der Waals surface area contributed by atoms with E-state index in [9.17, 15) is 13.2 Å². The zero-order chi connectivity index (χ0) is 17.9. The van der Waals surface area contributed by atoms with Gasteiger partial charge in [-0.15, -0.1) is 0 Å². The number of rotatable bonds is 4. The molecule has 0 aromatic carbocycles. The maximum atomic E-state index is 12.7. The maximum absolute atomic E-state index is 12.7. The van der Waals surface area contributed by atoms with Crippen molar-refractivity contribution >= 4 is 17.5 Å². The molecule has 0 radical (unpaired) electrons. The molecule has 1 N–H and O–H groups in total. The average molecular weight is 372 g/mol. The molecule has 2 aromatic heterocycles. The van der Waals surface area contributed by atoms with Crippen molar-refractivity contribution in [3.8, 4) is 0 Å². The summed E-state index contributed by atoms with van der Waals surface area (Å²) >= 11 is 6.09. The first-order valence-corrected chi connectivity index (χ1v) is 8.28. The molecule has 0 amide bonds. The zero-order valence-corrected chi connectivity index (χ0v) is 14.1. The summed E-state index contributed by atoms with van der Waals surface area (Å²) in [4.78, 5) is 13.7. The van der Waals surface area contributed by atoms with Crippen LogP contribution in [0.1, 0.15) is 24.1 Å². The van der Waals surface area contributed by atoms with E-state index in [0.717, 1.165) is 37.2 Å². The van der Waals surface area contributed by atoms with Gasteiger partial charge < -0.3 is 5.32 Å². The number of halogens is 4. The van der Waals surface area contributed by atoms with Crippen LogP contribution in [0.25, 0.3) is 0 Å². The summed E-state index contributed by atoms with van der Waals surface area (Å²) in [5.41, 5.74) is -0.0139. The molecule has 3 rings (SSSR count). The highest BCUT2D eigenvalue weighted by molar-refractivity contribution is 6.30. The molecule has 1 saturated heterocycles. The molecular formula is C16H17ClF3N5. The van der Waals surface area contributed by atoms with Crippen molar-refractivity contribution in [1.29, 1.82) is 0 Å². The predicted molar refractivity (Wildman–Crippen MR) is 88.2 cm³/mol. The molecule has 25 heavy (non-hydrogen) atoms. The molecule has 5 nitrogen and oxygen atoms in total. The van der Waals surface area contributed by atoms with Gasteiger partial charge in [-0.2, -0.15) is 13.2 Å². The third-order valence-corrected chi connectivity index (χ3v) is 4.36. The number of nitrogens with one attached hydrogen (secondary N) is 1. The lowest BCUT2D eigenvalue weighted by molar-refractivity contribution is -0.141. The standard InChI is InChI=1S/C16H17ClF3N5/c17-14-11(3-1-6-21-14)9-25-8-2-4-12(10-25)23-15-22-7-5-13(24-15)16(18,19)20/h1,3,5-7,12H,2,4,8-10H2,(H,22,23,24). The summed E-state index contributed by atoms with van der Waals surface area (Å²) in [6.07, 6.45) is 0.0476. The lowest BCUT2D eigenvalue weighted by atomic mass is 10.1. The van der Waals surface area contributed by atoms with E-state index in [-0.39, 0.29) is 12.0 Å². The molecule has 0 saturated carbocycles. The van der Waals surface area contributed by atoms with E-state index < -0.39 is 11.9 Å². The van der Waals surface area contributed by atoms with Gasteiger partial charge in [-0.1, -0.05) is 17.7 Å². The molecular weight excluding hydrogens is 355 g/mol. The highest BCUT2D eigenvalue weighted by Crippen LogP contribution is 2.28. The van der Waals surface area contributed by atoms with Crippen molar-refractivity contribution in [1.82, 2.24) is 19.9 Å².